The lowest BCUT2D eigenvalue weighted by Crippen LogP contribution is -2.45. The molecule has 1 saturated heterocycles. The molecule has 1 fully saturated rings. The first-order valence-corrected chi connectivity index (χ1v) is 8.78. The summed E-state index contributed by atoms with van der Waals surface area (Å²) in [7, 11) is 1.55. The van der Waals surface area contributed by atoms with Gasteiger partial charge < -0.3 is 9.64 Å². The molecule has 0 aromatic heterocycles. The Labute approximate surface area is 158 Å². The van der Waals surface area contributed by atoms with Gasteiger partial charge in [0, 0.05) is 6.92 Å². The van der Waals surface area contributed by atoms with Gasteiger partial charge in [-0.1, -0.05) is 30.3 Å². The monoisotopic (exact) mass is 366 g/mol. The summed E-state index contributed by atoms with van der Waals surface area (Å²) >= 11 is 0. The first-order valence-electron chi connectivity index (χ1n) is 8.78. The lowest BCUT2D eigenvalue weighted by molar-refractivity contribution is -0.139. The Morgan fingerprint density at radius 1 is 1.11 bits per heavy atom. The maximum absolute atomic E-state index is 13.0. The van der Waals surface area contributed by atoms with Crippen LogP contribution in [0.3, 0.4) is 0 Å². The number of hydrogen-bond donors (Lipinski definition) is 0. The summed E-state index contributed by atoms with van der Waals surface area (Å²) in [4.78, 5) is 40.6. The summed E-state index contributed by atoms with van der Waals surface area (Å²) in [6.07, 6.45) is -0.0262. The summed E-state index contributed by atoms with van der Waals surface area (Å²) in [5, 5.41) is 0. The number of nitrogens with zero attached hydrogens (tertiary/aromatic N) is 2. The van der Waals surface area contributed by atoms with Gasteiger partial charge in [-0.2, -0.15) is 0 Å². The third kappa shape index (κ3) is 3.56. The van der Waals surface area contributed by atoms with Crippen molar-refractivity contribution in [2.24, 2.45) is 0 Å². The molecule has 3 amide bonds. The van der Waals surface area contributed by atoms with Gasteiger partial charge in [0.25, 0.3) is 5.91 Å². The molecule has 27 heavy (non-hydrogen) atoms. The lowest BCUT2D eigenvalue weighted by Gasteiger charge is -2.32. The fraction of sp³-hybridized carbons (Fsp3) is 0.286. The average molecular weight is 366 g/mol. The van der Waals surface area contributed by atoms with E-state index in [1.807, 2.05) is 37.3 Å². The second-order valence-electron chi connectivity index (χ2n) is 6.50. The quantitative estimate of drug-likeness (QED) is 0.763. The molecule has 0 aliphatic carbocycles. The summed E-state index contributed by atoms with van der Waals surface area (Å²) in [6, 6.07) is 15.1. The van der Waals surface area contributed by atoms with Crippen molar-refractivity contribution in [2.45, 2.75) is 32.4 Å². The zero-order chi connectivity index (χ0) is 19.6. The fourth-order valence-electron chi connectivity index (χ4n) is 3.49. The van der Waals surface area contributed by atoms with Crippen LogP contribution in [0.5, 0.6) is 5.75 Å². The zero-order valence-electron chi connectivity index (χ0n) is 15.6. The largest absolute Gasteiger partial charge is 0.497 e. The minimum atomic E-state index is -0.813. The Kier molecular flexibility index (Phi) is 5.26. The van der Waals surface area contributed by atoms with Gasteiger partial charge in [0.1, 0.15) is 11.8 Å². The molecule has 2 aromatic carbocycles. The fourth-order valence-corrected chi connectivity index (χ4v) is 3.49. The molecule has 0 saturated carbocycles. The van der Waals surface area contributed by atoms with Gasteiger partial charge in [-0.25, -0.2) is 4.90 Å². The normalized spacial score (nSPS) is 17.7. The lowest BCUT2D eigenvalue weighted by atomic mass is 10.0. The predicted octanol–water partition coefficient (Wildman–Crippen LogP) is 2.94. The van der Waals surface area contributed by atoms with Gasteiger partial charge >= 0.3 is 0 Å². The summed E-state index contributed by atoms with van der Waals surface area (Å²) in [6.45, 7) is 3.29. The third-order valence-corrected chi connectivity index (χ3v) is 4.85. The van der Waals surface area contributed by atoms with Crippen molar-refractivity contribution in [1.29, 1.82) is 0 Å². The number of rotatable bonds is 5. The molecule has 1 aliphatic rings. The number of carbonyl (C=O) groups is 3. The van der Waals surface area contributed by atoms with Crippen LogP contribution in [-0.4, -0.2) is 35.8 Å². The van der Waals surface area contributed by atoms with E-state index < -0.39 is 6.04 Å². The van der Waals surface area contributed by atoms with Crippen molar-refractivity contribution in [2.75, 3.05) is 12.0 Å². The van der Waals surface area contributed by atoms with Gasteiger partial charge in [-0.3, -0.25) is 14.4 Å². The van der Waals surface area contributed by atoms with Gasteiger partial charge in [0.2, 0.25) is 11.8 Å². The van der Waals surface area contributed by atoms with E-state index in [2.05, 4.69) is 0 Å². The summed E-state index contributed by atoms with van der Waals surface area (Å²) < 4.78 is 5.12. The maximum atomic E-state index is 13.0. The van der Waals surface area contributed by atoms with Gasteiger partial charge in [0.15, 0.2) is 0 Å². The van der Waals surface area contributed by atoms with Crippen LogP contribution in [0.2, 0.25) is 0 Å². The second kappa shape index (κ2) is 7.61. The smallest absolute Gasteiger partial charge is 0.257 e. The number of methoxy groups -OCH3 is 1. The van der Waals surface area contributed by atoms with E-state index in [1.165, 1.54) is 11.8 Å². The number of anilines is 1. The second-order valence-corrected chi connectivity index (χ2v) is 6.50. The van der Waals surface area contributed by atoms with E-state index in [-0.39, 0.29) is 30.2 Å². The Balaban J connectivity index is 1.90. The Morgan fingerprint density at radius 3 is 2.30 bits per heavy atom. The molecule has 0 bridgehead atoms. The highest BCUT2D eigenvalue weighted by atomic mass is 16.5. The van der Waals surface area contributed by atoms with Crippen LogP contribution in [0.1, 0.15) is 31.9 Å². The standard InChI is InChI=1S/C21H22N2O4/c1-14(16-7-5-4-6-8-16)22(15(2)24)19-13-20(25)23(21(19)26)17-9-11-18(27-3)12-10-17/h4-12,14,19H,13H2,1-3H3. The van der Waals surface area contributed by atoms with Crippen molar-refractivity contribution < 1.29 is 19.1 Å². The Hall–Kier alpha value is -3.15. The molecule has 0 radical (unpaired) electrons. The number of benzene rings is 2. The van der Waals surface area contributed by atoms with E-state index in [4.69, 9.17) is 4.74 Å². The van der Waals surface area contributed by atoms with E-state index in [0.717, 1.165) is 10.5 Å². The van der Waals surface area contributed by atoms with E-state index in [1.54, 1.807) is 31.4 Å². The molecule has 6 heteroatoms. The zero-order valence-corrected chi connectivity index (χ0v) is 15.6. The van der Waals surface area contributed by atoms with Gasteiger partial charge in [-0.15, -0.1) is 0 Å². The Bertz CT molecular complexity index is 848. The number of carbonyl (C=O) groups excluding carboxylic acids is 3. The molecular weight excluding hydrogens is 344 g/mol. The molecule has 1 aliphatic heterocycles. The summed E-state index contributed by atoms with van der Waals surface area (Å²) in [5.74, 6) is -0.309. The minimum Gasteiger partial charge on any atom is -0.497 e. The topological polar surface area (TPSA) is 66.9 Å². The van der Waals surface area contributed by atoms with Crippen molar-refractivity contribution in [3.63, 3.8) is 0 Å². The highest BCUT2D eigenvalue weighted by Crippen LogP contribution is 2.31. The Morgan fingerprint density at radius 2 is 1.74 bits per heavy atom. The molecule has 1 heterocycles. The maximum Gasteiger partial charge on any atom is 0.257 e. The first-order chi connectivity index (χ1) is 12.9. The number of ether oxygens (including phenoxy) is 1. The number of hydrogen-bond acceptors (Lipinski definition) is 4. The van der Waals surface area contributed by atoms with Crippen molar-refractivity contribution >= 4 is 23.4 Å². The molecule has 2 atom stereocenters. The van der Waals surface area contributed by atoms with E-state index in [9.17, 15) is 14.4 Å². The number of imide groups is 1. The minimum absolute atomic E-state index is 0.0262. The predicted molar refractivity (Wildman–Crippen MR) is 101 cm³/mol. The van der Waals surface area contributed by atoms with Crippen LogP contribution in [0.15, 0.2) is 54.6 Å². The highest BCUT2D eigenvalue weighted by molar-refractivity contribution is 6.23. The summed E-state index contributed by atoms with van der Waals surface area (Å²) in [5.41, 5.74) is 1.39. The molecule has 140 valence electrons. The van der Waals surface area contributed by atoms with Crippen LogP contribution in [-0.2, 0) is 14.4 Å². The van der Waals surface area contributed by atoms with Crippen molar-refractivity contribution in [1.82, 2.24) is 4.90 Å². The molecule has 3 rings (SSSR count). The van der Waals surface area contributed by atoms with Crippen LogP contribution in [0.4, 0.5) is 5.69 Å². The first kappa shape index (κ1) is 18.6. The average Bonchev–Trinajstić information content (AvgIpc) is 2.96. The molecule has 2 aromatic rings. The SMILES string of the molecule is COc1ccc(N2C(=O)CC(N(C(C)=O)C(C)c3ccccc3)C2=O)cc1. The third-order valence-electron chi connectivity index (χ3n) is 4.85. The van der Waals surface area contributed by atoms with Crippen LogP contribution >= 0.6 is 0 Å². The van der Waals surface area contributed by atoms with Crippen LogP contribution in [0, 0.1) is 0 Å². The molecule has 0 spiro atoms. The highest BCUT2D eigenvalue weighted by Gasteiger charge is 2.45. The molecule has 2 unspecified atom stereocenters. The van der Waals surface area contributed by atoms with Crippen molar-refractivity contribution in [3.05, 3.63) is 60.2 Å². The van der Waals surface area contributed by atoms with Gasteiger partial charge in [0.05, 0.1) is 25.3 Å². The molecular formula is C21H22N2O4. The van der Waals surface area contributed by atoms with Gasteiger partial charge in [-0.05, 0) is 36.8 Å². The van der Waals surface area contributed by atoms with Crippen molar-refractivity contribution in [3.8, 4) is 5.75 Å². The van der Waals surface area contributed by atoms with Crippen LogP contribution in [0.25, 0.3) is 0 Å². The van der Waals surface area contributed by atoms with E-state index >= 15 is 0 Å². The van der Waals surface area contributed by atoms with Crippen LogP contribution < -0.4 is 9.64 Å². The molecule has 6 nitrogen and oxygen atoms in total. The van der Waals surface area contributed by atoms with E-state index in [0.29, 0.717) is 11.4 Å². The number of amides is 3. The molecule has 0 N–H and O–H groups in total.